The van der Waals surface area contributed by atoms with Gasteiger partial charge in [-0.2, -0.15) is 0 Å². The average Bonchev–Trinajstić information content (AvgIpc) is 2.55. The second-order valence-corrected chi connectivity index (χ2v) is 6.11. The largest absolute Gasteiger partial charge is 0.392 e. The van der Waals surface area contributed by atoms with Crippen LogP contribution in [0.15, 0.2) is 30.3 Å². The molecule has 2 rings (SSSR count). The molecule has 0 radical (unpaired) electrons. The summed E-state index contributed by atoms with van der Waals surface area (Å²) in [5.41, 5.74) is 1.09. The van der Waals surface area contributed by atoms with Gasteiger partial charge in [-0.3, -0.25) is 4.79 Å². The molecule has 0 spiro atoms. The Labute approximate surface area is 127 Å². The molecule has 0 unspecified atom stereocenters. The fourth-order valence-corrected chi connectivity index (χ4v) is 3.30. The van der Waals surface area contributed by atoms with Gasteiger partial charge >= 0.3 is 0 Å². The van der Waals surface area contributed by atoms with Crippen LogP contribution in [0.4, 0.5) is 0 Å². The van der Waals surface area contributed by atoms with Crippen molar-refractivity contribution in [2.45, 2.75) is 58.1 Å². The lowest BCUT2D eigenvalue weighted by Crippen LogP contribution is -2.41. The molecule has 0 saturated heterocycles. The van der Waals surface area contributed by atoms with Gasteiger partial charge in [0, 0.05) is 6.54 Å². The predicted molar refractivity (Wildman–Crippen MR) is 84.7 cm³/mol. The molecule has 2 atom stereocenters. The summed E-state index contributed by atoms with van der Waals surface area (Å²) in [5.74, 6) is 0.00224. The Kier molecular flexibility index (Phi) is 6.24. The Morgan fingerprint density at radius 2 is 1.90 bits per heavy atom. The molecular weight excluding hydrogens is 262 g/mol. The van der Waals surface area contributed by atoms with Crippen molar-refractivity contribution >= 4 is 5.91 Å². The summed E-state index contributed by atoms with van der Waals surface area (Å²) in [5, 5.41) is 13.5. The first-order chi connectivity index (χ1) is 10.2. The van der Waals surface area contributed by atoms with Crippen molar-refractivity contribution in [3.63, 3.8) is 0 Å². The van der Waals surface area contributed by atoms with Crippen molar-refractivity contribution in [3.8, 4) is 0 Å². The molecule has 0 heterocycles. The van der Waals surface area contributed by atoms with Crippen LogP contribution in [-0.4, -0.2) is 17.1 Å². The molecule has 1 amide bonds. The molecule has 116 valence electrons. The number of hydrogen-bond donors (Lipinski definition) is 2. The van der Waals surface area contributed by atoms with Gasteiger partial charge in [-0.05, 0) is 30.7 Å². The summed E-state index contributed by atoms with van der Waals surface area (Å²) >= 11 is 0. The Balaban J connectivity index is 1.88. The predicted octanol–water partition coefficient (Wildman–Crippen LogP) is 3.27. The smallest absolute Gasteiger partial charge is 0.225 e. The van der Waals surface area contributed by atoms with Gasteiger partial charge < -0.3 is 10.4 Å². The van der Waals surface area contributed by atoms with Gasteiger partial charge in [-0.25, -0.2) is 0 Å². The van der Waals surface area contributed by atoms with Crippen LogP contribution >= 0.6 is 0 Å². The fourth-order valence-electron chi connectivity index (χ4n) is 3.30. The number of carbonyl (C=O) groups excluding carboxylic acids is 1. The number of carbonyl (C=O) groups is 1. The molecule has 0 aliphatic heterocycles. The molecule has 1 aromatic rings. The Hall–Kier alpha value is -1.35. The van der Waals surface area contributed by atoms with E-state index in [-0.39, 0.29) is 11.8 Å². The second-order valence-electron chi connectivity index (χ2n) is 6.11. The third-order valence-electron chi connectivity index (χ3n) is 4.63. The number of amides is 1. The molecule has 1 aliphatic carbocycles. The quantitative estimate of drug-likeness (QED) is 0.844. The van der Waals surface area contributed by atoms with E-state index in [2.05, 4.69) is 5.32 Å². The lowest BCUT2D eigenvalue weighted by molar-refractivity contribution is -0.130. The van der Waals surface area contributed by atoms with Crippen LogP contribution in [0.25, 0.3) is 0 Å². The van der Waals surface area contributed by atoms with E-state index in [0.29, 0.717) is 18.9 Å². The van der Waals surface area contributed by atoms with Crippen molar-refractivity contribution in [2.24, 2.45) is 11.8 Å². The minimum absolute atomic E-state index is 0.0144. The SMILES string of the molecule is CC[C@@H](C(=O)NCc1ccccc1)[C@@H](O)C1CCCCC1. The summed E-state index contributed by atoms with van der Waals surface area (Å²) < 4.78 is 0. The standard InChI is InChI=1S/C18H27NO2/c1-2-16(17(20)15-11-7-4-8-12-15)18(21)19-13-14-9-5-3-6-10-14/h3,5-6,9-10,15-17,20H,2,4,7-8,11-13H2,1H3,(H,19,21)/t16-,17+/m1/s1. The Morgan fingerprint density at radius 1 is 1.24 bits per heavy atom. The van der Waals surface area contributed by atoms with E-state index in [0.717, 1.165) is 18.4 Å². The second kappa shape index (κ2) is 8.18. The first kappa shape index (κ1) is 16.0. The van der Waals surface area contributed by atoms with Gasteiger partial charge in [-0.1, -0.05) is 56.5 Å². The number of benzene rings is 1. The molecule has 0 aromatic heterocycles. The van der Waals surface area contributed by atoms with E-state index in [1.807, 2.05) is 37.3 Å². The van der Waals surface area contributed by atoms with Gasteiger partial charge in [-0.15, -0.1) is 0 Å². The number of nitrogens with one attached hydrogen (secondary N) is 1. The number of aliphatic hydroxyl groups excluding tert-OH is 1. The molecule has 2 N–H and O–H groups in total. The van der Waals surface area contributed by atoms with E-state index in [4.69, 9.17) is 0 Å². The fraction of sp³-hybridized carbons (Fsp3) is 0.611. The van der Waals surface area contributed by atoms with Crippen LogP contribution in [0.3, 0.4) is 0 Å². The van der Waals surface area contributed by atoms with E-state index >= 15 is 0 Å². The zero-order valence-electron chi connectivity index (χ0n) is 12.9. The lowest BCUT2D eigenvalue weighted by atomic mass is 9.79. The van der Waals surface area contributed by atoms with Crippen LogP contribution < -0.4 is 5.32 Å². The number of hydrogen-bond acceptors (Lipinski definition) is 2. The van der Waals surface area contributed by atoms with Gasteiger partial charge in [0.25, 0.3) is 0 Å². The minimum Gasteiger partial charge on any atom is -0.392 e. The third-order valence-corrected chi connectivity index (χ3v) is 4.63. The minimum atomic E-state index is -0.494. The topological polar surface area (TPSA) is 49.3 Å². The van der Waals surface area contributed by atoms with Crippen molar-refractivity contribution in [3.05, 3.63) is 35.9 Å². The highest BCUT2D eigenvalue weighted by Crippen LogP contribution is 2.30. The molecule has 3 heteroatoms. The zero-order valence-corrected chi connectivity index (χ0v) is 12.9. The molecule has 21 heavy (non-hydrogen) atoms. The van der Waals surface area contributed by atoms with Crippen molar-refractivity contribution < 1.29 is 9.90 Å². The molecule has 3 nitrogen and oxygen atoms in total. The lowest BCUT2D eigenvalue weighted by Gasteiger charge is -2.31. The van der Waals surface area contributed by atoms with Crippen LogP contribution in [0.5, 0.6) is 0 Å². The summed E-state index contributed by atoms with van der Waals surface area (Å²) in [7, 11) is 0. The molecule has 1 aliphatic rings. The van der Waals surface area contributed by atoms with Crippen LogP contribution in [-0.2, 0) is 11.3 Å². The maximum atomic E-state index is 12.4. The van der Waals surface area contributed by atoms with Crippen LogP contribution in [0, 0.1) is 11.8 Å². The normalized spacial score (nSPS) is 19.0. The summed E-state index contributed by atoms with van der Waals surface area (Å²) in [6.07, 6.45) is 5.95. The third kappa shape index (κ3) is 4.57. The first-order valence-electron chi connectivity index (χ1n) is 8.22. The zero-order chi connectivity index (χ0) is 15.1. The maximum absolute atomic E-state index is 12.4. The first-order valence-corrected chi connectivity index (χ1v) is 8.22. The average molecular weight is 289 g/mol. The molecular formula is C18H27NO2. The highest BCUT2D eigenvalue weighted by atomic mass is 16.3. The highest BCUT2D eigenvalue weighted by molar-refractivity contribution is 5.79. The van der Waals surface area contributed by atoms with Gasteiger partial charge in [0.05, 0.1) is 12.0 Å². The van der Waals surface area contributed by atoms with Gasteiger partial charge in [0.2, 0.25) is 5.91 Å². The van der Waals surface area contributed by atoms with E-state index < -0.39 is 6.10 Å². The van der Waals surface area contributed by atoms with Gasteiger partial charge in [0.1, 0.15) is 0 Å². The highest BCUT2D eigenvalue weighted by Gasteiger charge is 2.32. The Bertz CT molecular complexity index is 426. The van der Waals surface area contributed by atoms with E-state index in [1.54, 1.807) is 0 Å². The van der Waals surface area contributed by atoms with E-state index in [9.17, 15) is 9.90 Å². The molecule has 0 bridgehead atoms. The monoisotopic (exact) mass is 289 g/mol. The summed E-state index contributed by atoms with van der Waals surface area (Å²) in [6, 6.07) is 9.90. The molecule has 1 aromatic carbocycles. The maximum Gasteiger partial charge on any atom is 0.225 e. The summed E-state index contributed by atoms with van der Waals surface area (Å²) in [6.45, 7) is 2.52. The van der Waals surface area contributed by atoms with Crippen LogP contribution in [0.1, 0.15) is 51.0 Å². The van der Waals surface area contributed by atoms with Crippen molar-refractivity contribution in [2.75, 3.05) is 0 Å². The molecule has 1 saturated carbocycles. The number of rotatable bonds is 6. The Morgan fingerprint density at radius 3 is 2.52 bits per heavy atom. The van der Waals surface area contributed by atoms with Gasteiger partial charge in [0.15, 0.2) is 0 Å². The van der Waals surface area contributed by atoms with Crippen LogP contribution in [0.2, 0.25) is 0 Å². The molecule has 1 fully saturated rings. The van der Waals surface area contributed by atoms with E-state index in [1.165, 1.54) is 19.3 Å². The summed E-state index contributed by atoms with van der Waals surface area (Å²) in [4.78, 5) is 12.4. The van der Waals surface area contributed by atoms with Crippen molar-refractivity contribution in [1.82, 2.24) is 5.32 Å². The van der Waals surface area contributed by atoms with Crippen molar-refractivity contribution in [1.29, 1.82) is 0 Å². The number of aliphatic hydroxyl groups is 1.